The summed E-state index contributed by atoms with van der Waals surface area (Å²) in [6.45, 7) is 5.43. The molecule has 0 aliphatic heterocycles. The van der Waals surface area contributed by atoms with E-state index in [1.807, 2.05) is 19.9 Å². The van der Waals surface area contributed by atoms with Crippen LogP contribution in [0.25, 0.3) is 0 Å². The van der Waals surface area contributed by atoms with Crippen molar-refractivity contribution < 1.29 is 23.9 Å². The molecule has 2 aromatic carbocycles. The first kappa shape index (κ1) is 22.6. The standard InChI is InChI=1S/C22H25N3O5/c1-4-23-22(29)25-21(28)19(16-8-6-5-7-9-16)30-18(26)13-24-20(27)17-11-10-14(2)15(3)12-17/h5-12,19H,4,13H2,1-3H3,(H,24,27)(H2,23,25,28,29)/t19-/m1/s1. The minimum atomic E-state index is -1.33. The second-order valence-electron chi connectivity index (χ2n) is 6.61. The minimum absolute atomic E-state index is 0.333. The second kappa shape index (κ2) is 10.8. The van der Waals surface area contributed by atoms with Crippen molar-refractivity contribution in [3.63, 3.8) is 0 Å². The number of urea groups is 1. The molecule has 0 radical (unpaired) electrons. The van der Waals surface area contributed by atoms with Gasteiger partial charge in [-0.1, -0.05) is 36.4 Å². The Morgan fingerprint density at radius 3 is 2.27 bits per heavy atom. The van der Waals surface area contributed by atoms with Crippen LogP contribution < -0.4 is 16.0 Å². The molecule has 0 bridgehead atoms. The highest BCUT2D eigenvalue weighted by Crippen LogP contribution is 2.17. The van der Waals surface area contributed by atoms with E-state index in [-0.39, 0.29) is 0 Å². The zero-order valence-corrected chi connectivity index (χ0v) is 17.2. The van der Waals surface area contributed by atoms with E-state index in [9.17, 15) is 19.2 Å². The molecule has 0 fully saturated rings. The van der Waals surface area contributed by atoms with Gasteiger partial charge in [0, 0.05) is 17.7 Å². The van der Waals surface area contributed by atoms with Crippen molar-refractivity contribution in [1.29, 1.82) is 0 Å². The zero-order chi connectivity index (χ0) is 22.1. The predicted octanol–water partition coefficient (Wildman–Crippen LogP) is 2.16. The molecule has 1 atom stereocenters. The average Bonchev–Trinajstić information content (AvgIpc) is 2.72. The molecular weight excluding hydrogens is 386 g/mol. The topological polar surface area (TPSA) is 114 Å². The van der Waals surface area contributed by atoms with Gasteiger partial charge in [0.15, 0.2) is 0 Å². The maximum atomic E-state index is 12.5. The number of esters is 1. The summed E-state index contributed by atoms with van der Waals surface area (Å²) < 4.78 is 5.26. The van der Waals surface area contributed by atoms with Crippen LogP contribution in [0.3, 0.4) is 0 Å². The molecule has 0 saturated carbocycles. The molecule has 0 saturated heterocycles. The molecule has 0 heterocycles. The normalized spacial score (nSPS) is 11.2. The number of aryl methyl sites for hydroxylation is 2. The fraction of sp³-hybridized carbons (Fsp3) is 0.273. The summed E-state index contributed by atoms with van der Waals surface area (Å²) in [5, 5.41) is 7.05. The summed E-state index contributed by atoms with van der Waals surface area (Å²) in [7, 11) is 0. The molecule has 0 aliphatic carbocycles. The van der Waals surface area contributed by atoms with E-state index in [1.54, 1.807) is 49.4 Å². The van der Waals surface area contributed by atoms with Gasteiger partial charge in [-0.2, -0.15) is 0 Å². The molecule has 30 heavy (non-hydrogen) atoms. The van der Waals surface area contributed by atoms with Crippen molar-refractivity contribution >= 4 is 23.8 Å². The van der Waals surface area contributed by atoms with Crippen molar-refractivity contribution in [1.82, 2.24) is 16.0 Å². The maximum Gasteiger partial charge on any atom is 0.326 e. The lowest BCUT2D eigenvalue weighted by molar-refractivity contribution is -0.155. The van der Waals surface area contributed by atoms with Crippen LogP contribution in [-0.4, -0.2) is 36.9 Å². The Labute approximate surface area is 175 Å². The molecule has 0 aromatic heterocycles. The first-order chi connectivity index (χ1) is 14.3. The maximum absolute atomic E-state index is 12.5. The number of nitrogens with one attached hydrogen (secondary N) is 3. The van der Waals surface area contributed by atoms with Gasteiger partial charge in [-0.25, -0.2) is 4.79 Å². The van der Waals surface area contributed by atoms with E-state index in [0.717, 1.165) is 11.1 Å². The Hall–Kier alpha value is -3.68. The Morgan fingerprint density at radius 2 is 1.63 bits per heavy atom. The number of hydrogen-bond acceptors (Lipinski definition) is 5. The summed E-state index contributed by atoms with van der Waals surface area (Å²) >= 11 is 0. The third kappa shape index (κ3) is 6.44. The average molecular weight is 411 g/mol. The van der Waals surface area contributed by atoms with Gasteiger partial charge in [-0.15, -0.1) is 0 Å². The van der Waals surface area contributed by atoms with Gasteiger partial charge < -0.3 is 15.4 Å². The van der Waals surface area contributed by atoms with Crippen LogP contribution in [0, 0.1) is 13.8 Å². The fourth-order valence-corrected chi connectivity index (χ4v) is 2.59. The molecule has 8 nitrogen and oxygen atoms in total. The van der Waals surface area contributed by atoms with Crippen molar-refractivity contribution in [3.8, 4) is 0 Å². The van der Waals surface area contributed by atoms with Crippen molar-refractivity contribution in [3.05, 3.63) is 70.8 Å². The summed E-state index contributed by atoms with van der Waals surface area (Å²) in [6, 6.07) is 12.8. The first-order valence-corrected chi connectivity index (χ1v) is 9.50. The van der Waals surface area contributed by atoms with Crippen LogP contribution in [0.1, 0.15) is 40.1 Å². The summed E-state index contributed by atoms with van der Waals surface area (Å²) in [4.78, 5) is 48.7. The summed E-state index contributed by atoms with van der Waals surface area (Å²) in [5.41, 5.74) is 2.82. The van der Waals surface area contributed by atoms with E-state index in [1.165, 1.54) is 0 Å². The van der Waals surface area contributed by atoms with E-state index in [4.69, 9.17) is 4.74 Å². The third-order valence-corrected chi connectivity index (χ3v) is 4.33. The smallest absolute Gasteiger partial charge is 0.326 e. The molecular formula is C22H25N3O5. The molecule has 158 valence electrons. The van der Waals surface area contributed by atoms with Gasteiger partial charge in [0.1, 0.15) is 6.54 Å². The van der Waals surface area contributed by atoms with Crippen molar-refractivity contribution in [2.24, 2.45) is 0 Å². The number of imide groups is 1. The molecule has 4 amide bonds. The minimum Gasteiger partial charge on any atom is -0.446 e. The first-order valence-electron chi connectivity index (χ1n) is 9.50. The van der Waals surface area contributed by atoms with E-state index >= 15 is 0 Å². The Bertz CT molecular complexity index is 928. The second-order valence-corrected chi connectivity index (χ2v) is 6.61. The largest absolute Gasteiger partial charge is 0.446 e. The zero-order valence-electron chi connectivity index (χ0n) is 17.2. The van der Waals surface area contributed by atoms with Gasteiger partial charge >= 0.3 is 12.0 Å². The Balaban J connectivity index is 2.03. The van der Waals surface area contributed by atoms with Crippen LogP contribution in [0.4, 0.5) is 4.79 Å². The number of ether oxygens (including phenoxy) is 1. The summed E-state index contributed by atoms with van der Waals surface area (Å²) in [6.07, 6.45) is -1.33. The number of carbonyl (C=O) groups excluding carboxylic acids is 4. The van der Waals surface area contributed by atoms with E-state index in [2.05, 4.69) is 16.0 Å². The van der Waals surface area contributed by atoms with E-state index in [0.29, 0.717) is 17.7 Å². The van der Waals surface area contributed by atoms with Gasteiger partial charge in [0.05, 0.1) is 0 Å². The Kier molecular flexibility index (Phi) is 8.10. The lowest BCUT2D eigenvalue weighted by Gasteiger charge is -2.18. The lowest BCUT2D eigenvalue weighted by atomic mass is 10.1. The van der Waals surface area contributed by atoms with E-state index < -0.39 is 36.5 Å². The van der Waals surface area contributed by atoms with Crippen LogP contribution >= 0.6 is 0 Å². The molecule has 2 aromatic rings. The summed E-state index contributed by atoms with van der Waals surface area (Å²) in [5.74, 6) is -2.04. The molecule has 3 N–H and O–H groups in total. The van der Waals surface area contributed by atoms with Crippen LogP contribution in [0.15, 0.2) is 48.5 Å². The van der Waals surface area contributed by atoms with Gasteiger partial charge in [0.2, 0.25) is 6.10 Å². The number of rotatable bonds is 7. The monoisotopic (exact) mass is 411 g/mol. The van der Waals surface area contributed by atoms with Gasteiger partial charge in [-0.05, 0) is 44.0 Å². The van der Waals surface area contributed by atoms with Gasteiger partial charge in [0.25, 0.3) is 11.8 Å². The molecule has 2 rings (SSSR count). The predicted molar refractivity (Wildman–Crippen MR) is 111 cm³/mol. The number of carbonyl (C=O) groups is 4. The van der Waals surface area contributed by atoms with Crippen LogP contribution in [0.2, 0.25) is 0 Å². The van der Waals surface area contributed by atoms with Crippen molar-refractivity contribution in [2.45, 2.75) is 26.9 Å². The van der Waals surface area contributed by atoms with Crippen LogP contribution in [0.5, 0.6) is 0 Å². The lowest BCUT2D eigenvalue weighted by Crippen LogP contribution is -2.43. The fourth-order valence-electron chi connectivity index (χ4n) is 2.59. The number of benzene rings is 2. The van der Waals surface area contributed by atoms with Gasteiger partial charge in [-0.3, -0.25) is 19.7 Å². The molecule has 0 spiro atoms. The molecule has 8 heteroatoms. The third-order valence-electron chi connectivity index (χ3n) is 4.33. The number of amides is 4. The van der Waals surface area contributed by atoms with Crippen LogP contribution in [-0.2, 0) is 14.3 Å². The van der Waals surface area contributed by atoms with Crippen molar-refractivity contribution in [2.75, 3.05) is 13.1 Å². The molecule has 0 unspecified atom stereocenters. The Morgan fingerprint density at radius 1 is 0.933 bits per heavy atom. The quantitative estimate of drug-likeness (QED) is 0.604. The number of hydrogen-bond donors (Lipinski definition) is 3. The molecule has 0 aliphatic rings. The highest BCUT2D eigenvalue weighted by atomic mass is 16.5. The highest BCUT2D eigenvalue weighted by Gasteiger charge is 2.26. The SMILES string of the molecule is CCNC(=O)NC(=O)[C@H](OC(=O)CNC(=O)c1ccc(C)c(C)c1)c1ccccc1. The highest BCUT2D eigenvalue weighted by molar-refractivity contribution is 5.98.